The van der Waals surface area contributed by atoms with E-state index in [2.05, 4.69) is 5.32 Å². The number of hydrogen-bond donors (Lipinski definition) is 2. The van der Waals surface area contributed by atoms with E-state index in [1.165, 1.54) is 12.1 Å². The number of rotatable bonds is 3. The van der Waals surface area contributed by atoms with Crippen molar-refractivity contribution < 1.29 is 9.18 Å². The Bertz CT molecular complexity index is 423. The average Bonchev–Trinajstić information content (AvgIpc) is 2.16. The Morgan fingerprint density at radius 1 is 1.50 bits per heavy atom. The van der Waals surface area contributed by atoms with E-state index in [4.69, 9.17) is 5.73 Å². The van der Waals surface area contributed by atoms with E-state index in [0.29, 0.717) is 12.1 Å². The van der Waals surface area contributed by atoms with Crippen LogP contribution in [0.15, 0.2) is 29.8 Å². The molecule has 0 fully saturated rings. The Morgan fingerprint density at radius 3 is 2.75 bits per heavy atom. The Morgan fingerprint density at radius 2 is 2.19 bits per heavy atom. The second-order valence-corrected chi connectivity index (χ2v) is 3.72. The van der Waals surface area contributed by atoms with Gasteiger partial charge in [0.2, 0.25) is 0 Å². The molecule has 0 radical (unpaired) electrons. The van der Waals surface area contributed by atoms with Crippen LogP contribution in [0.3, 0.4) is 0 Å². The lowest BCUT2D eigenvalue weighted by Crippen LogP contribution is -2.24. The van der Waals surface area contributed by atoms with Gasteiger partial charge in [-0.15, -0.1) is 0 Å². The Labute approximate surface area is 94.1 Å². The fourth-order valence-corrected chi connectivity index (χ4v) is 1.18. The molecule has 0 heterocycles. The molecule has 3 nitrogen and oxygen atoms in total. The number of nitrogens with one attached hydrogen (secondary N) is 1. The summed E-state index contributed by atoms with van der Waals surface area (Å²) < 4.78 is 12.7. The van der Waals surface area contributed by atoms with Crippen LogP contribution in [0.5, 0.6) is 0 Å². The SMILES string of the molecule is CC(C)=CCNC(=O)c1ccc(F)cc1N. The van der Waals surface area contributed by atoms with Crippen molar-refractivity contribution in [3.05, 3.63) is 41.2 Å². The molecule has 1 aromatic rings. The van der Waals surface area contributed by atoms with Crippen molar-refractivity contribution in [1.82, 2.24) is 5.32 Å². The fourth-order valence-electron chi connectivity index (χ4n) is 1.18. The molecule has 3 N–H and O–H groups in total. The van der Waals surface area contributed by atoms with Gasteiger partial charge in [-0.25, -0.2) is 4.39 Å². The maximum Gasteiger partial charge on any atom is 0.253 e. The van der Waals surface area contributed by atoms with Crippen molar-refractivity contribution in [1.29, 1.82) is 0 Å². The van der Waals surface area contributed by atoms with E-state index in [1.54, 1.807) is 0 Å². The number of nitrogen functional groups attached to an aromatic ring is 1. The first kappa shape index (κ1) is 12.2. The standard InChI is InChI=1S/C12H15FN2O/c1-8(2)5-6-15-12(16)10-4-3-9(13)7-11(10)14/h3-5,7H,6,14H2,1-2H3,(H,15,16). The normalized spacial score (nSPS) is 9.69. The highest BCUT2D eigenvalue weighted by molar-refractivity contribution is 5.99. The van der Waals surface area contributed by atoms with Gasteiger partial charge >= 0.3 is 0 Å². The van der Waals surface area contributed by atoms with E-state index in [1.807, 2.05) is 19.9 Å². The zero-order valence-electron chi connectivity index (χ0n) is 9.38. The van der Waals surface area contributed by atoms with Gasteiger partial charge in [-0.1, -0.05) is 11.6 Å². The lowest BCUT2D eigenvalue weighted by molar-refractivity contribution is 0.0959. The largest absolute Gasteiger partial charge is 0.398 e. The molecule has 0 saturated heterocycles. The maximum atomic E-state index is 12.7. The van der Waals surface area contributed by atoms with Crippen LogP contribution in [0.2, 0.25) is 0 Å². The number of allylic oxidation sites excluding steroid dienone is 1. The molecule has 16 heavy (non-hydrogen) atoms. The molecule has 1 rings (SSSR count). The van der Waals surface area contributed by atoms with E-state index < -0.39 is 5.82 Å². The number of carbonyl (C=O) groups excluding carboxylic acids is 1. The molecule has 0 aliphatic rings. The molecular weight excluding hydrogens is 207 g/mol. The number of anilines is 1. The lowest BCUT2D eigenvalue weighted by atomic mass is 10.1. The molecule has 0 saturated carbocycles. The lowest BCUT2D eigenvalue weighted by Gasteiger charge is -2.05. The number of amides is 1. The van der Waals surface area contributed by atoms with E-state index >= 15 is 0 Å². The average molecular weight is 222 g/mol. The summed E-state index contributed by atoms with van der Waals surface area (Å²) in [6.07, 6.45) is 1.89. The Balaban J connectivity index is 2.70. The highest BCUT2D eigenvalue weighted by atomic mass is 19.1. The summed E-state index contributed by atoms with van der Waals surface area (Å²) in [4.78, 5) is 11.6. The van der Waals surface area contributed by atoms with Gasteiger partial charge < -0.3 is 11.1 Å². The number of hydrogen-bond acceptors (Lipinski definition) is 2. The molecule has 0 unspecified atom stereocenters. The van der Waals surface area contributed by atoms with Crippen LogP contribution >= 0.6 is 0 Å². The first-order chi connectivity index (χ1) is 7.50. The second kappa shape index (κ2) is 5.30. The van der Waals surface area contributed by atoms with Crippen LogP contribution < -0.4 is 11.1 Å². The van der Waals surface area contributed by atoms with E-state index in [-0.39, 0.29) is 11.6 Å². The van der Waals surface area contributed by atoms with Crippen molar-refractivity contribution in [2.45, 2.75) is 13.8 Å². The smallest absolute Gasteiger partial charge is 0.253 e. The highest BCUT2D eigenvalue weighted by Crippen LogP contribution is 2.12. The minimum Gasteiger partial charge on any atom is -0.398 e. The van der Waals surface area contributed by atoms with E-state index in [0.717, 1.165) is 11.6 Å². The van der Waals surface area contributed by atoms with Gasteiger partial charge in [-0.3, -0.25) is 4.79 Å². The summed E-state index contributed by atoms with van der Waals surface area (Å²) >= 11 is 0. The van der Waals surface area contributed by atoms with Crippen molar-refractivity contribution in [3.8, 4) is 0 Å². The molecule has 0 aromatic heterocycles. The van der Waals surface area contributed by atoms with E-state index in [9.17, 15) is 9.18 Å². The van der Waals surface area contributed by atoms with Crippen LogP contribution in [0.25, 0.3) is 0 Å². The zero-order chi connectivity index (χ0) is 12.1. The predicted octanol–water partition coefficient (Wildman–Crippen LogP) is 2.10. The minimum absolute atomic E-state index is 0.148. The van der Waals surface area contributed by atoms with Crippen LogP contribution in [0.4, 0.5) is 10.1 Å². The van der Waals surface area contributed by atoms with Crippen molar-refractivity contribution in [2.75, 3.05) is 12.3 Å². The summed E-state index contributed by atoms with van der Waals surface area (Å²) in [5.74, 6) is -0.742. The quantitative estimate of drug-likeness (QED) is 0.608. The molecule has 0 aliphatic carbocycles. The van der Waals surface area contributed by atoms with Gasteiger partial charge in [0.25, 0.3) is 5.91 Å². The third kappa shape index (κ3) is 3.38. The van der Waals surface area contributed by atoms with Crippen LogP contribution in [0.1, 0.15) is 24.2 Å². The summed E-state index contributed by atoms with van der Waals surface area (Å²) in [5, 5.41) is 2.67. The molecule has 86 valence electrons. The number of carbonyl (C=O) groups is 1. The second-order valence-electron chi connectivity index (χ2n) is 3.72. The first-order valence-corrected chi connectivity index (χ1v) is 4.97. The summed E-state index contributed by atoms with van der Waals surface area (Å²) in [6.45, 7) is 4.33. The molecule has 1 aromatic carbocycles. The topological polar surface area (TPSA) is 55.1 Å². The summed E-state index contributed by atoms with van der Waals surface area (Å²) in [5.41, 5.74) is 7.10. The summed E-state index contributed by atoms with van der Waals surface area (Å²) in [6, 6.07) is 3.73. The van der Waals surface area contributed by atoms with Gasteiger partial charge in [0, 0.05) is 12.2 Å². The zero-order valence-corrected chi connectivity index (χ0v) is 9.38. The maximum absolute atomic E-state index is 12.7. The highest BCUT2D eigenvalue weighted by Gasteiger charge is 2.08. The molecule has 0 spiro atoms. The molecule has 0 atom stereocenters. The van der Waals surface area contributed by atoms with Gasteiger partial charge in [-0.05, 0) is 32.0 Å². The predicted molar refractivity (Wildman–Crippen MR) is 62.6 cm³/mol. The monoisotopic (exact) mass is 222 g/mol. The minimum atomic E-state index is -0.446. The third-order valence-corrected chi connectivity index (χ3v) is 2.03. The molecule has 0 bridgehead atoms. The molecule has 0 aliphatic heterocycles. The molecule has 4 heteroatoms. The molecule has 1 amide bonds. The first-order valence-electron chi connectivity index (χ1n) is 4.97. The number of halogens is 1. The fraction of sp³-hybridized carbons (Fsp3) is 0.250. The van der Waals surface area contributed by atoms with Crippen molar-refractivity contribution in [2.24, 2.45) is 0 Å². The van der Waals surface area contributed by atoms with Gasteiger partial charge in [0.1, 0.15) is 5.82 Å². The van der Waals surface area contributed by atoms with Crippen LogP contribution in [-0.2, 0) is 0 Å². The van der Waals surface area contributed by atoms with Crippen molar-refractivity contribution in [3.63, 3.8) is 0 Å². The molecular formula is C12H15FN2O. The van der Waals surface area contributed by atoms with Crippen LogP contribution in [0, 0.1) is 5.82 Å². The summed E-state index contributed by atoms with van der Waals surface area (Å²) in [7, 11) is 0. The van der Waals surface area contributed by atoms with Crippen LogP contribution in [-0.4, -0.2) is 12.5 Å². The van der Waals surface area contributed by atoms with Crippen molar-refractivity contribution >= 4 is 11.6 Å². The third-order valence-electron chi connectivity index (χ3n) is 2.03. The Hall–Kier alpha value is -1.84. The number of nitrogens with two attached hydrogens (primary N) is 1. The van der Waals surface area contributed by atoms with Gasteiger partial charge in [0.15, 0.2) is 0 Å². The van der Waals surface area contributed by atoms with Gasteiger partial charge in [0.05, 0.1) is 5.56 Å². The Kier molecular flexibility index (Phi) is 4.05. The number of benzene rings is 1. The van der Waals surface area contributed by atoms with Gasteiger partial charge in [-0.2, -0.15) is 0 Å².